The molecular weight excluding hydrogens is 214 g/mol. The Bertz CT molecular complexity index is 223. The topological polar surface area (TPSA) is 26.3 Å². The molecule has 0 unspecified atom stereocenters. The third-order valence-electron chi connectivity index (χ3n) is 3.17. The number of carbonyl (C=O) groups is 1. The molecule has 1 aliphatic rings. The van der Waals surface area contributed by atoms with Gasteiger partial charge in [0.05, 0.1) is 12.5 Å². The fourth-order valence-electron chi connectivity index (χ4n) is 1.93. The molecule has 1 saturated carbocycles. The molecule has 1 fully saturated rings. The zero-order valence-electron chi connectivity index (χ0n) is 9.81. The molecule has 2 nitrogen and oxygen atoms in total. The largest absolute Gasteiger partial charge is 0.465 e. The second kappa shape index (κ2) is 6.16. The van der Waals surface area contributed by atoms with Gasteiger partial charge in [-0.05, 0) is 12.8 Å². The molecule has 16 heavy (non-hydrogen) atoms. The van der Waals surface area contributed by atoms with Gasteiger partial charge in [-0.2, -0.15) is 0 Å². The average molecular weight is 234 g/mol. The van der Waals surface area contributed by atoms with Crippen molar-refractivity contribution in [1.82, 2.24) is 0 Å². The first-order chi connectivity index (χ1) is 7.55. The minimum atomic E-state index is -2.70. The van der Waals surface area contributed by atoms with Crippen LogP contribution in [0.3, 0.4) is 0 Å². The van der Waals surface area contributed by atoms with E-state index in [-0.39, 0.29) is 31.3 Å². The zero-order chi connectivity index (χ0) is 12.0. The molecule has 1 aliphatic carbocycles. The lowest BCUT2D eigenvalue weighted by Gasteiger charge is -2.20. The molecule has 4 heteroatoms. The minimum Gasteiger partial charge on any atom is -0.465 e. The highest BCUT2D eigenvalue weighted by atomic mass is 19.3. The van der Waals surface area contributed by atoms with Gasteiger partial charge >= 0.3 is 5.97 Å². The summed E-state index contributed by atoms with van der Waals surface area (Å²) in [5.74, 6) is -3.04. The van der Waals surface area contributed by atoms with Crippen LogP contribution in [0.1, 0.15) is 51.9 Å². The van der Waals surface area contributed by atoms with Crippen molar-refractivity contribution in [3.8, 4) is 0 Å². The molecule has 0 aromatic carbocycles. The Kier molecular flexibility index (Phi) is 5.16. The summed E-state index contributed by atoms with van der Waals surface area (Å²) < 4.78 is 30.6. The van der Waals surface area contributed by atoms with Gasteiger partial charge in [-0.1, -0.05) is 26.2 Å². The Labute approximate surface area is 95.4 Å². The van der Waals surface area contributed by atoms with Crippen molar-refractivity contribution in [1.29, 1.82) is 0 Å². The van der Waals surface area contributed by atoms with Crippen LogP contribution in [-0.2, 0) is 9.53 Å². The Morgan fingerprint density at radius 1 is 1.31 bits per heavy atom. The molecule has 0 amide bonds. The van der Waals surface area contributed by atoms with Crippen LogP contribution in [0.5, 0.6) is 0 Å². The van der Waals surface area contributed by atoms with E-state index in [1.807, 2.05) is 0 Å². The van der Waals surface area contributed by atoms with E-state index in [9.17, 15) is 13.6 Å². The molecule has 0 spiro atoms. The Morgan fingerprint density at radius 2 is 1.94 bits per heavy atom. The molecule has 0 heterocycles. The quantitative estimate of drug-likeness (QED) is 0.680. The summed E-state index contributed by atoms with van der Waals surface area (Å²) >= 11 is 0. The van der Waals surface area contributed by atoms with Gasteiger partial charge in [-0.15, -0.1) is 0 Å². The van der Waals surface area contributed by atoms with Crippen molar-refractivity contribution in [3.63, 3.8) is 0 Å². The standard InChI is InChI=1S/C12H20F2O2/c1-2-12(13,14)8-9-16-11(15)10-6-4-3-5-7-10/h10H,2-9H2,1H3. The lowest BCUT2D eigenvalue weighted by atomic mass is 9.89. The van der Waals surface area contributed by atoms with Gasteiger partial charge in [-0.25, -0.2) is 8.78 Å². The summed E-state index contributed by atoms with van der Waals surface area (Å²) in [5.41, 5.74) is 0. The second-order valence-electron chi connectivity index (χ2n) is 4.46. The first-order valence-electron chi connectivity index (χ1n) is 6.09. The number of alkyl halides is 2. The highest BCUT2D eigenvalue weighted by Gasteiger charge is 2.27. The number of rotatable bonds is 5. The molecule has 94 valence electrons. The van der Waals surface area contributed by atoms with Crippen LogP contribution in [0.2, 0.25) is 0 Å². The SMILES string of the molecule is CCC(F)(F)CCOC(=O)C1CCCCC1. The number of hydrogen-bond donors (Lipinski definition) is 0. The van der Waals surface area contributed by atoms with Crippen molar-refractivity contribution in [2.24, 2.45) is 5.92 Å². The lowest BCUT2D eigenvalue weighted by Crippen LogP contribution is -2.23. The Hall–Kier alpha value is -0.670. The number of halogens is 2. The van der Waals surface area contributed by atoms with Crippen molar-refractivity contribution in [2.45, 2.75) is 57.8 Å². The number of hydrogen-bond acceptors (Lipinski definition) is 2. The summed E-state index contributed by atoms with van der Waals surface area (Å²) in [7, 11) is 0. The van der Waals surface area contributed by atoms with E-state index in [0.717, 1.165) is 32.1 Å². The second-order valence-corrected chi connectivity index (χ2v) is 4.46. The molecule has 0 atom stereocenters. The van der Waals surface area contributed by atoms with Crippen molar-refractivity contribution >= 4 is 5.97 Å². The maximum absolute atomic E-state index is 12.9. The molecule has 0 N–H and O–H groups in total. The van der Waals surface area contributed by atoms with E-state index in [2.05, 4.69) is 0 Å². The summed E-state index contributed by atoms with van der Waals surface area (Å²) in [5, 5.41) is 0. The van der Waals surface area contributed by atoms with E-state index < -0.39 is 5.92 Å². The fraction of sp³-hybridized carbons (Fsp3) is 0.917. The van der Waals surface area contributed by atoms with Crippen LogP contribution in [0.15, 0.2) is 0 Å². The molecule has 0 aromatic rings. The highest BCUT2D eigenvalue weighted by molar-refractivity contribution is 5.72. The third kappa shape index (κ3) is 4.45. The summed E-state index contributed by atoms with van der Waals surface area (Å²) in [6.07, 6.45) is 4.40. The molecular formula is C12H20F2O2. The van der Waals surface area contributed by atoms with Crippen LogP contribution >= 0.6 is 0 Å². The molecule has 1 rings (SSSR count). The van der Waals surface area contributed by atoms with E-state index in [0.29, 0.717) is 0 Å². The smallest absolute Gasteiger partial charge is 0.308 e. The van der Waals surface area contributed by atoms with Gasteiger partial charge in [0, 0.05) is 12.8 Å². The van der Waals surface area contributed by atoms with Crippen LogP contribution in [0.25, 0.3) is 0 Å². The van der Waals surface area contributed by atoms with Crippen LogP contribution in [0.4, 0.5) is 8.78 Å². The normalized spacial score (nSPS) is 18.4. The first kappa shape index (κ1) is 13.4. The lowest BCUT2D eigenvalue weighted by molar-refractivity contribution is -0.151. The van der Waals surface area contributed by atoms with Gasteiger partial charge in [0.2, 0.25) is 0 Å². The summed E-state index contributed by atoms with van der Waals surface area (Å²) in [6.45, 7) is 1.28. The van der Waals surface area contributed by atoms with Crippen LogP contribution < -0.4 is 0 Å². The van der Waals surface area contributed by atoms with E-state index in [4.69, 9.17) is 4.74 Å². The maximum atomic E-state index is 12.9. The fourth-order valence-corrected chi connectivity index (χ4v) is 1.93. The van der Waals surface area contributed by atoms with Crippen LogP contribution in [0, 0.1) is 5.92 Å². The predicted octanol–water partition coefficient (Wildman–Crippen LogP) is 3.55. The van der Waals surface area contributed by atoms with E-state index in [1.54, 1.807) is 0 Å². The molecule has 0 aliphatic heterocycles. The van der Waals surface area contributed by atoms with E-state index >= 15 is 0 Å². The zero-order valence-corrected chi connectivity index (χ0v) is 9.81. The van der Waals surface area contributed by atoms with E-state index in [1.165, 1.54) is 6.92 Å². The van der Waals surface area contributed by atoms with Gasteiger partial charge in [0.25, 0.3) is 5.92 Å². The highest BCUT2D eigenvalue weighted by Crippen LogP contribution is 2.26. The predicted molar refractivity (Wildman–Crippen MR) is 57.4 cm³/mol. The third-order valence-corrected chi connectivity index (χ3v) is 3.17. The maximum Gasteiger partial charge on any atom is 0.308 e. The number of ether oxygens (including phenoxy) is 1. The average Bonchev–Trinajstić information content (AvgIpc) is 2.30. The van der Waals surface area contributed by atoms with Crippen molar-refractivity contribution in [3.05, 3.63) is 0 Å². The molecule has 0 aromatic heterocycles. The Balaban J connectivity index is 2.19. The number of carbonyl (C=O) groups excluding carboxylic acids is 1. The van der Waals surface area contributed by atoms with Crippen molar-refractivity contribution in [2.75, 3.05) is 6.61 Å². The van der Waals surface area contributed by atoms with Crippen molar-refractivity contribution < 1.29 is 18.3 Å². The minimum absolute atomic E-state index is 0.0519. The molecule has 0 bridgehead atoms. The summed E-state index contributed by atoms with van der Waals surface area (Å²) in [4.78, 5) is 11.5. The first-order valence-corrected chi connectivity index (χ1v) is 6.09. The van der Waals surface area contributed by atoms with Gasteiger partial charge in [0.15, 0.2) is 0 Å². The molecule has 0 radical (unpaired) electrons. The summed E-state index contributed by atoms with van der Waals surface area (Å²) in [6, 6.07) is 0. The molecule has 0 saturated heterocycles. The monoisotopic (exact) mass is 234 g/mol. The van der Waals surface area contributed by atoms with Gasteiger partial charge in [0.1, 0.15) is 0 Å². The van der Waals surface area contributed by atoms with Gasteiger partial charge in [-0.3, -0.25) is 4.79 Å². The van der Waals surface area contributed by atoms with Gasteiger partial charge < -0.3 is 4.74 Å². The number of esters is 1. The Morgan fingerprint density at radius 3 is 2.50 bits per heavy atom. The van der Waals surface area contributed by atoms with Crippen LogP contribution in [-0.4, -0.2) is 18.5 Å².